The highest BCUT2D eigenvalue weighted by atomic mass is 16.4. The highest BCUT2D eigenvalue weighted by Crippen LogP contribution is 2.05. The number of carbonyl (C=O) groups is 1. The van der Waals surface area contributed by atoms with Crippen LogP contribution in [0.25, 0.3) is 0 Å². The zero-order valence-electron chi connectivity index (χ0n) is 7.76. The van der Waals surface area contributed by atoms with Crippen LogP contribution in [0.3, 0.4) is 0 Å². The van der Waals surface area contributed by atoms with Crippen LogP contribution in [-0.2, 0) is 4.79 Å². The van der Waals surface area contributed by atoms with Crippen molar-refractivity contribution in [3.63, 3.8) is 0 Å². The smallest absolute Gasteiger partial charge is 0.339 e. The van der Waals surface area contributed by atoms with Crippen molar-refractivity contribution in [2.75, 3.05) is 0 Å². The maximum absolute atomic E-state index is 10.6. The molecule has 68 valence electrons. The van der Waals surface area contributed by atoms with Crippen molar-refractivity contribution in [2.24, 2.45) is 0 Å². The molecule has 0 aliphatic carbocycles. The lowest BCUT2D eigenvalue weighted by atomic mass is 10.1. The van der Waals surface area contributed by atoms with Gasteiger partial charge in [-0.3, -0.25) is 0 Å². The molecule has 0 radical (unpaired) electrons. The van der Waals surface area contributed by atoms with E-state index < -0.39 is 5.97 Å². The second kappa shape index (κ2) is 6.68. The van der Waals surface area contributed by atoms with Crippen molar-refractivity contribution in [1.82, 2.24) is 0 Å². The number of rotatable bonds is 5. The number of carboxylic acid groups (broad SMARTS) is 1. The van der Waals surface area contributed by atoms with E-state index in [9.17, 15) is 4.79 Å². The van der Waals surface area contributed by atoms with E-state index in [1.165, 1.54) is 0 Å². The molecule has 0 atom stereocenters. The third-order valence-corrected chi connectivity index (χ3v) is 1.52. The Morgan fingerprint density at radius 2 is 2.17 bits per heavy atom. The van der Waals surface area contributed by atoms with Crippen molar-refractivity contribution in [3.8, 4) is 0 Å². The van der Waals surface area contributed by atoms with Crippen molar-refractivity contribution in [2.45, 2.75) is 39.5 Å². The van der Waals surface area contributed by atoms with E-state index in [4.69, 9.17) is 5.11 Å². The summed E-state index contributed by atoms with van der Waals surface area (Å²) in [6.45, 7) is 4.01. The molecule has 0 saturated carbocycles. The molecule has 0 amide bonds. The van der Waals surface area contributed by atoms with Crippen molar-refractivity contribution in [3.05, 3.63) is 17.4 Å². The molecule has 0 aliphatic heterocycles. The van der Waals surface area contributed by atoms with Gasteiger partial charge in [0.2, 0.25) is 0 Å². The van der Waals surface area contributed by atoms with Gasteiger partial charge in [0.05, 0.1) is 5.57 Å². The molecule has 0 saturated heterocycles. The summed E-state index contributed by atoms with van der Waals surface area (Å²) in [4.78, 5) is 10.6. The van der Waals surface area contributed by atoms with E-state index in [0.717, 1.165) is 19.3 Å². The minimum absolute atomic E-state index is 0.402. The first-order chi connectivity index (χ1) is 5.72. The Morgan fingerprint density at radius 3 is 2.58 bits per heavy atom. The van der Waals surface area contributed by atoms with E-state index in [1.807, 2.05) is 13.8 Å². The molecule has 2 heteroatoms. The van der Waals surface area contributed by atoms with Crippen LogP contribution >= 0.6 is 0 Å². The van der Waals surface area contributed by atoms with E-state index >= 15 is 0 Å². The number of hydrogen-bond donors (Lipinski definition) is 1. The zero-order valence-corrected chi connectivity index (χ0v) is 7.76. The molecular formula is C10H16O2. The standard InChI is InChI=1S/C10H16O2/c1-3-5-7-9(10(11)12)8-6-4-2/h5H,3-4,6,8H2,1-2H3,(H,11,12). The van der Waals surface area contributed by atoms with Gasteiger partial charge in [-0.25, -0.2) is 4.79 Å². The zero-order chi connectivity index (χ0) is 9.40. The molecule has 0 aromatic rings. The molecular weight excluding hydrogens is 152 g/mol. The maximum atomic E-state index is 10.6. The molecule has 0 unspecified atom stereocenters. The fourth-order valence-electron chi connectivity index (χ4n) is 0.820. The molecule has 0 aromatic heterocycles. The number of hydrogen-bond acceptors (Lipinski definition) is 1. The molecule has 1 N–H and O–H groups in total. The summed E-state index contributed by atoms with van der Waals surface area (Å²) in [6.07, 6.45) is 5.17. The van der Waals surface area contributed by atoms with Crippen molar-refractivity contribution in [1.29, 1.82) is 0 Å². The fraction of sp³-hybridized carbons (Fsp3) is 0.600. The minimum Gasteiger partial charge on any atom is -0.477 e. The van der Waals surface area contributed by atoms with Gasteiger partial charge in [0.25, 0.3) is 0 Å². The Kier molecular flexibility index (Phi) is 6.12. The molecule has 0 spiro atoms. The fourth-order valence-corrected chi connectivity index (χ4v) is 0.820. The maximum Gasteiger partial charge on any atom is 0.339 e. The molecule has 2 nitrogen and oxygen atoms in total. The topological polar surface area (TPSA) is 37.3 Å². The average Bonchev–Trinajstić information content (AvgIpc) is 2.04. The Morgan fingerprint density at radius 1 is 1.50 bits per heavy atom. The molecule has 0 bridgehead atoms. The minimum atomic E-state index is -0.840. The third kappa shape index (κ3) is 4.75. The van der Waals surface area contributed by atoms with Crippen LogP contribution in [-0.4, -0.2) is 11.1 Å². The number of unbranched alkanes of at least 4 members (excludes halogenated alkanes) is 1. The Bertz CT molecular complexity index is 198. The van der Waals surface area contributed by atoms with Crippen LogP contribution in [0.1, 0.15) is 39.5 Å². The Labute approximate surface area is 73.6 Å². The van der Waals surface area contributed by atoms with E-state index in [0.29, 0.717) is 12.0 Å². The van der Waals surface area contributed by atoms with Crippen LogP contribution in [0.5, 0.6) is 0 Å². The summed E-state index contributed by atoms with van der Waals surface area (Å²) in [5.41, 5.74) is 3.20. The Hall–Kier alpha value is -1.01. The molecule has 0 fully saturated rings. The molecule has 0 rings (SSSR count). The van der Waals surface area contributed by atoms with E-state index in [-0.39, 0.29) is 0 Å². The third-order valence-electron chi connectivity index (χ3n) is 1.52. The molecule has 0 aliphatic rings. The largest absolute Gasteiger partial charge is 0.477 e. The molecule has 0 heterocycles. The molecule has 0 aromatic carbocycles. The first kappa shape index (κ1) is 11.0. The van der Waals surface area contributed by atoms with Crippen molar-refractivity contribution < 1.29 is 9.90 Å². The monoisotopic (exact) mass is 168 g/mol. The van der Waals surface area contributed by atoms with Gasteiger partial charge in [0.15, 0.2) is 0 Å². The van der Waals surface area contributed by atoms with Crippen LogP contribution in [0, 0.1) is 0 Å². The van der Waals surface area contributed by atoms with Crippen LogP contribution in [0.4, 0.5) is 0 Å². The second-order valence-corrected chi connectivity index (χ2v) is 2.64. The van der Waals surface area contributed by atoms with Crippen LogP contribution in [0.2, 0.25) is 0 Å². The van der Waals surface area contributed by atoms with Gasteiger partial charge in [-0.05, 0) is 25.3 Å². The SMILES string of the molecule is CCC=C=C(CCCC)C(=O)O. The van der Waals surface area contributed by atoms with Gasteiger partial charge in [-0.1, -0.05) is 20.3 Å². The lowest BCUT2D eigenvalue weighted by Crippen LogP contribution is -1.98. The predicted octanol–water partition coefficient (Wildman–Crippen LogP) is 2.75. The number of aliphatic carboxylic acids is 1. The lowest BCUT2D eigenvalue weighted by molar-refractivity contribution is -0.132. The molecule has 12 heavy (non-hydrogen) atoms. The van der Waals surface area contributed by atoms with Gasteiger partial charge < -0.3 is 5.11 Å². The Balaban J connectivity index is 4.23. The quantitative estimate of drug-likeness (QED) is 0.506. The average molecular weight is 168 g/mol. The van der Waals surface area contributed by atoms with Gasteiger partial charge >= 0.3 is 5.97 Å². The summed E-state index contributed by atoms with van der Waals surface area (Å²) in [5.74, 6) is -0.840. The van der Waals surface area contributed by atoms with Crippen LogP contribution < -0.4 is 0 Å². The first-order valence-electron chi connectivity index (χ1n) is 4.39. The van der Waals surface area contributed by atoms with Gasteiger partial charge in [-0.15, -0.1) is 5.73 Å². The van der Waals surface area contributed by atoms with Gasteiger partial charge in [0, 0.05) is 0 Å². The van der Waals surface area contributed by atoms with Gasteiger partial charge in [0.1, 0.15) is 0 Å². The first-order valence-corrected chi connectivity index (χ1v) is 4.39. The summed E-state index contributed by atoms with van der Waals surface area (Å²) in [7, 11) is 0. The summed E-state index contributed by atoms with van der Waals surface area (Å²) in [5, 5.41) is 8.71. The highest BCUT2D eigenvalue weighted by molar-refractivity contribution is 5.86. The highest BCUT2D eigenvalue weighted by Gasteiger charge is 2.03. The normalized spacial score (nSPS) is 8.83. The number of carboxylic acids is 1. The van der Waals surface area contributed by atoms with E-state index in [1.54, 1.807) is 6.08 Å². The predicted molar refractivity (Wildman–Crippen MR) is 49.0 cm³/mol. The van der Waals surface area contributed by atoms with Gasteiger partial charge in [-0.2, -0.15) is 0 Å². The summed E-state index contributed by atoms with van der Waals surface area (Å²) >= 11 is 0. The lowest BCUT2D eigenvalue weighted by Gasteiger charge is -1.95. The second-order valence-electron chi connectivity index (χ2n) is 2.64. The van der Waals surface area contributed by atoms with Crippen LogP contribution in [0.15, 0.2) is 17.4 Å². The summed E-state index contributed by atoms with van der Waals surface area (Å²) < 4.78 is 0. The van der Waals surface area contributed by atoms with E-state index in [2.05, 4.69) is 5.73 Å². The summed E-state index contributed by atoms with van der Waals surface area (Å²) in [6, 6.07) is 0. The van der Waals surface area contributed by atoms with Crippen molar-refractivity contribution >= 4 is 5.97 Å².